The number of amides is 2. The maximum atomic E-state index is 12.5. The average molecular weight is 330 g/mol. The highest BCUT2D eigenvalue weighted by atomic mass is 16.4. The molecule has 6 heteroatoms. The average Bonchev–Trinajstić information content (AvgIpc) is 2.56. The van der Waals surface area contributed by atoms with Gasteiger partial charge in [-0.2, -0.15) is 0 Å². The highest BCUT2D eigenvalue weighted by molar-refractivity contribution is 5.98. The van der Waals surface area contributed by atoms with Crippen LogP contribution in [0.5, 0.6) is 0 Å². The van der Waals surface area contributed by atoms with Crippen LogP contribution in [0.4, 0.5) is 5.69 Å². The van der Waals surface area contributed by atoms with Gasteiger partial charge in [0.1, 0.15) is 0 Å². The second kappa shape index (κ2) is 7.77. The molecule has 2 rings (SSSR count). The predicted octanol–water partition coefficient (Wildman–Crippen LogP) is 2.35. The zero-order chi connectivity index (χ0) is 17.7. The molecule has 1 aromatic carbocycles. The van der Waals surface area contributed by atoms with E-state index in [1.807, 2.05) is 13.0 Å². The van der Waals surface area contributed by atoms with Gasteiger partial charge in [-0.3, -0.25) is 14.4 Å². The highest BCUT2D eigenvalue weighted by Crippen LogP contribution is 2.28. The SMILES string of the molecule is CCNC(=O)c1ccc(NC(=O)[C@H]2CC=CC[C@@H]2C(=O)O)c(C)c1. The van der Waals surface area contributed by atoms with Crippen molar-refractivity contribution in [2.45, 2.75) is 26.7 Å². The van der Waals surface area contributed by atoms with Gasteiger partial charge < -0.3 is 15.7 Å². The Bertz CT molecular complexity index is 682. The van der Waals surface area contributed by atoms with Gasteiger partial charge in [0.2, 0.25) is 5.91 Å². The van der Waals surface area contributed by atoms with E-state index in [0.717, 1.165) is 5.56 Å². The Morgan fingerprint density at radius 3 is 2.42 bits per heavy atom. The number of hydrogen-bond donors (Lipinski definition) is 3. The first-order chi connectivity index (χ1) is 11.4. The summed E-state index contributed by atoms with van der Waals surface area (Å²) in [6, 6.07) is 5.02. The van der Waals surface area contributed by atoms with Gasteiger partial charge >= 0.3 is 5.97 Å². The molecule has 24 heavy (non-hydrogen) atoms. The molecule has 128 valence electrons. The van der Waals surface area contributed by atoms with Crippen LogP contribution in [0.15, 0.2) is 30.4 Å². The molecular formula is C18H22N2O4. The molecule has 0 heterocycles. The molecule has 2 amide bonds. The fourth-order valence-corrected chi connectivity index (χ4v) is 2.81. The first-order valence-electron chi connectivity index (χ1n) is 8.01. The number of benzene rings is 1. The van der Waals surface area contributed by atoms with Crippen LogP contribution < -0.4 is 10.6 Å². The Labute approximate surface area is 140 Å². The van der Waals surface area contributed by atoms with E-state index in [1.54, 1.807) is 31.2 Å². The summed E-state index contributed by atoms with van der Waals surface area (Å²) in [4.78, 5) is 35.6. The number of rotatable bonds is 5. The Hall–Kier alpha value is -2.63. The van der Waals surface area contributed by atoms with Crippen LogP contribution in [0, 0.1) is 18.8 Å². The van der Waals surface area contributed by atoms with Gasteiger partial charge in [0.25, 0.3) is 5.91 Å². The van der Waals surface area contributed by atoms with Crippen molar-refractivity contribution in [3.63, 3.8) is 0 Å². The van der Waals surface area contributed by atoms with Gasteiger partial charge in [-0.1, -0.05) is 12.2 Å². The smallest absolute Gasteiger partial charge is 0.307 e. The Kier molecular flexibility index (Phi) is 5.73. The number of hydrogen-bond acceptors (Lipinski definition) is 3. The Morgan fingerprint density at radius 2 is 1.83 bits per heavy atom. The lowest BCUT2D eigenvalue weighted by atomic mass is 9.82. The molecule has 6 nitrogen and oxygen atoms in total. The molecule has 0 saturated carbocycles. The number of anilines is 1. The third-order valence-corrected chi connectivity index (χ3v) is 4.17. The second-order valence-corrected chi connectivity index (χ2v) is 5.87. The van der Waals surface area contributed by atoms with Crippen LogP contribution in [0.3, 0.4) is 0 Å². The minimum atomic E-state index is -0.956. The van der Waals surface area contributed by atoms with Crippen LogP contribution >= 0.6 is 0 Å². The standard InChI is InChI=1S/C18H22N2O4/c1-3-19-16(21)12-8-9-15(11(2)10-12)20-17(22)13-6-4-5-7-14(13)18(23)24/h4-5,8-10,13-14H,3,6-7H2,1-2H3,(H,19,21)(H,20,22)(H,23,24)/t13-,14-/m0/s1. The largest absolute Gasteiger partial charge is 0.481 e. The number of carbonyl (C=O) groups excluding carboxylic acids is 2. The molecule has 2 atom stereocenters. The first kappa shape index (κ1) is 17.7. The third kappa shape index (κ3) is 4.01. The molecule has 0 saturated heterocycles. The van der Waals surface area contributed by atoms with E-state index in [9.17, 15) is 19.5 Å². The molecular weight excluding hydrogens is 308 g/mol. The van der Waals surface area contributed by atoms with Gasteiger partial charge in [-0.25, -0.2) is 0 Å². The molecule has 0 aliphatic heterocycles. The van der Waals surface area contributed by atoms with Crippen LogP contribution in [-0.2, 0) is 9.59 Å². The summed E-state index contributed by atoms with van der Waals surface area (Å²) in [5, 5.41) is 14.8. The Morgan fingerprint density at radius 1 is 1.17 bits per heavy atom. The van der Waals surface area contributed by atoms with Gasteiger partial charge in [0.15, 0.2) is 0 Å². The molecule has 1 aromatic rings. The fraction of sp³-hybridized carbons (Fsp3) is 0.389. The summed E-state index contributed by atoms with van der Waals surface area (Å²) in [7, 11) is 0. The van der Waals surface area contributed by atoms with Crippen LogP contribution in [0.25, 0.3) is 0 Å². The monoisotopic (exact) mass is 330 g/mol. The molecule has 0 spiro atoms. The summed E-state index contributed by atoms with van der Waals surface area (Å²) >= 11 is 0. The van der Waals surface area contributed by atoms with Crippen molar-refractivity contribution < 1.29 is 19.5 Å². The maximum absolute atomic E-state index is 12.5. The first-order valence-corrected chi connectivity index (χ1v) is 8.01. The summed E-state index contributed by atoms with van der Waals surface area (Å²) in [6.07, 6.45) is 4.42. The van der Waals surface area contributed by atoms with Crippen molar-refractivity contribution in [3.8, 4) is 0 Å². The predicted molar refractivity (Wildman–Crippen MR) is 90.8 cm³/mol. The van der Waals surface area contributed by atoms with Gasteiger partial charge in [-0.15, -0.1) is 0 Å². The zero-order valence-electron chi connectivity index (χ0n) is 13.8. The molecule has 0 radical (unpaired) electrons. The van der Waals surface area contributed by atoms with Crippen LogP contribution in [0.2, 0.25) is 0 Å². The zero-order valence-corrected chi connectivity index (χ0v) is 13.8. The number of carbonyl (C=O) groups is 3. The Balaban J connectivity index is 2.12. The van der Waals surface area contributed by atoms with Crippen molar-refractivity contribution >= 4 is 23.5 Å². The summed E-state index contributed by atoms with van der Waals surface area (Å²) in [5.41, 5.74) is 1.87. The molecule has 3 N–H and O–H groups in total. The lowest BCUT2D eigenvalue weighted by Crippen LogP contribution is -2.34. The lowest BCUT2D eigenvalue weighted by Gasteiger charge is -2.24. The van der Waals surface area contributed by atoms with Crippen molar-refractivity contribution in [3.05, 3.63) is 41.5 Å². The van der Waals surface area contributed by atoms with Crippen molar-refractivity contribution in [2.75, 3.05) is 11.9 Å². The third-order valence-electron chi connectivity index (χ3n) is 4.17. The number of carboxylic acids is 1. The van der Waals surface area contributed by atoms with Crippen LogP contribution in [-0.4, -0.2) is 29.4 Å². The number of aryl methyl sites for hydroxylation is 1. The van der Waals surface area contributed by atoms with E-state index in [4.69, 9.17) is 0 Å². The lowest BCUT2D eigenvalue weighted by molar-refractivity contribution is -0.146. The van der Waals surface area contributed by atoms with Crippen molar-refractivity contribution in [1.29, 1.82) is 0 Å². The highest BCUT2D eigenvalue weighted by Gasteiger charge is 2.34. The molecule has 1 aliphatic carbocycles. The normalized spacial score (nSPS) is 19.6. The maximum Gasteiger partial charge on any atom is 0.307 e. The molecule has 0 bridgehead atoms. The minimum absolute atomic E-state index is 0.165. The van der Waals surface area contributed by atoms with Crippen LogP contribution in [0.1, 0.15) is 35.7 Å². The van der Waals surface area contributed by atoms with E-state index < -0.39 is 17.8 Å². The number of allylic oxidation sites excluding steroid dienone is 2. The van der Waals surface area contributed by atoms with E-state index in [2.05, 4.69) is 10.6 Å². The van der Waals surface area contributed by atoms with Gasteiger partial charge in [0.05, 0.1) is 11.8 Å². The van der Waals surface area contributed by atoms with E-state index in [1.165, 1.54) is 0 Å². The van der Waals surface area contributed by atoms with E-state index in [-0.39, 0.29) is 11.8 Å². The summed E-state index contributed by atoms with van der Waals surface area (Å²) in [6.45, 7) is 4.19. The van der Waals surface area contributed by atoms with E-state index in [0.29, 0.717) is 30.6 Å². The van der Waals surface area contributed by atoms with Crippen molar-refractivity contribution in [2.24, 2.45) is 11.8 Å². The summed E-state index contributed by atoms with van der Waals surface area (Å²) < 4.78 is 0. The van der Waals surface area contributed by atoms with Crippen molar-refractivity contribution in [1.82, 2.24) is 5.32 Å². The second-order valence-electron chi connectivity index (χ2n) is 5.87. The number of carboxylic acid groups (broad SMARTS) is 1. The number of nitrogens with one attached hydrogen (secondary N) is 2. The summed E-state index contributed by atoms with van der Waals surface area (Å²) in [5.74, 6) is -2.72. The number of aliphatic carboxylic acids is 1. The topological polar surface area (TPSA) is 95.5 Å². The molecule has 0 unspecified atom stereocenters. The van der Waals surface area contributed by atoms with Gasteiger partial charge in [-0.05, 0) is 50.5 Å². The molecule has 1 aliphatic rings. The van der Waals surface area contributed by atoms with Gasteiger partial charge in [0, 0.05) is 17.8 Å². The molecule has 0 aromatic heterocycles. The fourth-order valence-electron chi connectivity index (χ4n) is 2.81. The quantitative estimate of drug-likeness (QED) is 0.722. The molecule has 0 fully saturated rings. The minimum Gasteiger partial charge on any atom is -0.481 e. The van der Waals surface area contributed by atoms with E-state index >= 15 is 0 Å².